The molecule has 1 aromatic heterocycles. The molecule has 1 aliphatic heterocycles. The molecular weight excluding hydrogens is 258 g/mol. The van der Waals surface area contributed by atoms with E-state index in [4.69, 9.17) is 5.84 Å². The number of hydrazine groups is 1. The molecule has 0 radical (unpaired) electrons. The molecule has 0 spiro atoms. The summed E-state index contributed by atoms with van der Waals surface area (Å²) in [4.78, 5) is 16.8. The van der Waals surface area contributed by atoms with E-state index in [1.54, 1.807) is 0 Å². The van der Waals surface area contributed by atoms with Crippen LogP contribution in [0.15, 0.2) is 36.4 Å². The van der Waals surface area contributed by atoms with E-state index in [2.05, 4.69) is 16.5 Å². The first-order valence-electron chi connectivity index (χ1n) is 6.17. The molecule has 0 saturated carbocycles. The molecule has 0 fully saturated rings. The molecule has 3 rings (SSSR count). The lowest BCUT2D eigenvalue weighted by Gasteiger charge is -2.18. The van der Waals surface area contributed by atoms with E-state index in [0.29, 0.717) is 5.82 Å². The van der Waals surface area contributed by atoms with Crippen molar-refractivity contribution < 1.29 is 4.92 Å². The smallest absolute Gasteiger partial charge is 0.276 e. The van der Waals surface area contributed by atoms with Crippen LogP contribution in [-0.2, 0) is 6.42 Å². The van der Waals surface area contributed by atoms with Gasteiger partial charge in [-0.05, 0) is 18.1 Å². The zero-order valence-corrected chi connectivity index (χ0v) is 10.6. The van der Waals surface area contributed by atoms with Gasteiger partial charge in [0.25, 0.3) is 5.69 Å². The van der Waals surface area contributed by atoms with Crippen LogP contribution >= 0.6 is 0 Å². The minimum atomic E-state index is -0.450. The monoisotopic (exact) mass is 271 g/mol. The van der Waals surface area contributed by atoms with Crippen molar-refractivity contribution in [3.05, 3.63) is 52.1 Å². The second-order valence-electron chi connectivity index (χ2n) is 4.50. The predicted molar refractivity (Wildman–Crippen MR) is 75.9 cm³/mol. The number of nitrogens with zero attached hydrogens (tertiary/aromatic N) is 3. The van der Waals surface area contributed by atoms with Crippen LogP contribution in [0.2, 0.25) is 0 Å². The van der Waals surface area contributed by atoms with E-state index in [-0.39, 0.29) is 11.5 Å². The fourth-order valence-corrected chi connectivity index (χ4v) is 2.40. The number of pyridine rings is 1. The molecule has 0 bridgehead atoms. The predicted octanol–water partition coefficient (Wildman–Crippen LogP) is 1.97. The summed E-state index contributed by atoms with van der Waals surface area (Å²) < 4.78 is 0. The number of hydrogen-bond acceptors (Lipinski definition) is 6. The number of nitrogens with two attached hydrogens (primary N) is 1. The van der Waals surface area contributed by atoms with Gasteiger partial charge in [0.15, 0.2) is 0 Å². The van der Waals surface area contributed by atoms with Gasteiger partial charge in [-0.1, -0.05) is 18.2 Å². The van der Waals surface area contributed by atoms with Gasteiger partial charge in [0.05, 0.1) is 17.1 Å². The Morgan fingerprint density at radius 2 is 2.15 bits per heavy atom. The van der Waals surface area contributed by atoms with Gasteiger partial charge in [0.1, 0.15) is 11.6 Å². The van der Waals surface area contributed by atoms with Crippen LogP contribution in [0.5, 0.6) is 0 Å². The van der Waals surface area contributed by atoms with Gasteiger partial charge in [-0.2, -0.15) is 0 Å². The van der Waals surface area contributed by atoms with Crippen molar-refractivity contribution in [3.63, 3.8) is 0 Å². The number of rotatable bonds is 3. The number of aromatic nitrogens is 1. The summed E-state index contributed by atoms with van der Waals surface area (Å²) in [5.74, 6) is 6.13. The molecule has 2 heterocycles. The normalized spacial score (nSPS) is 13.2. The first-order chi connectivity index (χ1) is 9.69. The van der Waals surface area contributed by atoms with Crippen molar-refractivity contribution in [1.29, 1.82) is 0 Å². The number of anilines is 3. The molecule has 7 nitrogen and oxygen atoms in total. The van der Waals surface area contributed by atoms with Crippen LogP contribution in [0, 0.1) is 10.1 Å². The Hall–Kier alpha value is -2.67. The van der Waals surface area contributed by atoms with E-state index < -0.39 is 4.92 Å². The fraction of sp³-hybridized carbons (Fsp3) is 0.154. The Kier molecular flexibility index (Phi) is 2.96. The minimum Gasteiger partial charge on any atom is -0.326 e. The molecule has 0 unspecified atom stereocenters. The summed E-state index contributed by atoms with van der Waals surface area (Å²) in [6.45, 7) is 0.748. The summed E-state index contributed by atoms with van der Waals surface area (Å²) in [5, 5.41) is 11.0. The molecule has 102 valence electrons. The third kappa shape index (κ3) is 2.04. The second kappa shape index (κ2) is 4.78. The lowest BCUT2D eigenvalue weighted by molar-refractivity contribution is -0.384. The lowest BCUT2D eigenvalue weighted by Crippen LogP contribution is -2.17. The van der Waals surface area contributed by atoms with Crippen LogP contribution in [-0.4, -0.2) is 16.5 Å². The summed E-state index contributed by atoms with van der Waals surface area (Å²) in [6.07, 6.45) is 0.895. The van der Waals surface area contributed by atoms with Crippen LogP contribution in [0.1, 0.15) is 5.56 Å². The van der Waals surface area contributed by atoms with Gasteiger partial charge in [-0.25, -0.2) is 10.8 Å². The second-order valence-corrected chi connectivity index (χ2v) is 4.50. The first-order valence-corrected chi connectivity index (χ1v) is 6.17. The molecule has 3 N–H and O–H groups in total. The van der Waals surface area contributed by atoms with Crippen molar-refractivity contribution in [2.45, 2.75) is 6.42 Å². The van der Waals surface area contributed by atoms with E-state index in [0.717, 1.165) is 18.7 Å². The van der Waals surface area contributed by atoms with E-state index in [9.17, 15) is 10.1 Å². The molecule has 1 aromatic carbocycles. The third-order valence-electron chi connectivity index (χ3n) is 3.32. The highest BCUT2D eigenvalue weighted by molar-refractivity contribution is 5.70. The Morgan fingerprint density at radius 1 is 1.35 bits per heavy atom. The third-order valence-corrected chi connectivity index (χ3v) is 3.32. The van der Waals surface area contributed by atoms with Crippen molar-refractivity contribution in [2.75, 3.05) is 16.9 Å². The maximum absolute atomic E-state index is 11.0. The zero-order valence-electron chi connectivity index (χ0n) is 10.6. The highest BCUT2D eigenvalue weighted by atomic mass is 16.6. The van der Waals surface area contributed by atoms with Crippen molar-refractivity contribution >= 4 is 23.0 Å². The van der Waals surface area contributed by atoms with Crippen LogP contribution in [0.25, 0.3) is 0 Å². The molecule has 0 amide bonds. The Balaban J connectivity index is 2.07. The standard InChI is InChI=1S/C13H13N5O2/c14-16-12-7-10(18(19)20)8-13(15-12)17-6-5-9-3-1-2-4-11(9)17/h1-4,7-8H,5-6,14H2,(H,15,16). The number of para-hydroxylation sites is 1. The molecular formula is C13H13N5O2. The van der Waals surface area contributed by atoms with Gasteiger partial charge in [-0.15, -0.1) is 0 Å². The Bertz CT molecular complexity index is 674. The van der Waals surface area contributed by atoms with E-state index in [1.807, 2.05) is 23.1 Å². The summed E-state index contributed by atoms with van der Waals surface area (Å²) >= 11 is 0. The largest absolute Gasteiger partial charge is 0.326 e. The highest BCUT2D eigenvalue weighted by Gasteiger charge is 2.23. The molecule has 1 aliphatic rings. The number of nitro groups is 1. The number of fused-ring (bicyclic) bond motifs is 1. The van der Waals surface area contributed by atoms with Gasteiger partial charge in [0.2, 0.25) is 0 Å². The average molecular weight is 271 g/mol. The minimum absolute atomic E-state index is 0.0349. The lowest BCUT2D eigenvalue weighted by atomic mass is 10.2. The Labute approximate surface area is 115 Å². The summed E-state index contributed by atoms with van der Waals surface area (Å²) in [5.41, 5.74) is 4.58. The molecule has 0 aliphatic carbocycles. The molecule has 0 atom stereocenters. The van der Waals surface area contributed by atoms with Crippen molar-refractivity contribution in [2.24, 2.45) is 5.84 Å². The van der Waals surface area contributed by atoms with Gasteiger partial charge >= 0.3 is 0 Å². The zero-order chi connectivity index (χ0) is 14.1. The van der Waals surface area contributed by atoms with Crippen LogP contribution in [0.4, 0.5) is 23.0 Å². The van der Waals surface area contributed by atoms with Crippen LogP contribution < -0.4 is 16.2 Å². The van der Waals surface area contributed by atoms with Gasteiger partial charge in [-0.3, -0.25) is 10.1 Å². The SMILES string of the molecule is NNc1cc([N+](=O)[O-])cc(N2CCc3ccccc32)n1. The first kappa shape index (κ1) is 12.4. The molecule has 2 aromatic rings. The number of benzene rings is 1. The van der Waals surface area contributed by atoms with Gasteiger partial charge in [0, 0.05) is 12.2 Å². The maximum atomic E-state index is 11.0. The highest BCUT2D eigenvalue weighted by Crippen LogP contribution is 2.35. The summed E-state index contributed by atoms with van der Waals surface area (Å²) in [7, 11) is 0. The van der Waals surface area contributed by atoms with Crippen molar-refractivity contribution in [3.8, 4) is 0 Å². The topological polar surface area (TPSA) is 97.3 Å². The van der Waals surface area contributed by atoms with E-state index >= 15 is 0 Å². The molecule has 7 heteroatoms. The number of nitrogen functional groups attached to an aromatic ring is 1. The average Bonchev–Trinajstić information content (AvgIpc) is 2.90. The number of hydrogen-bond donors (Lipinski definition) is 2. The Morgan fingerprint density at radius 3 is 2.90 bits per heavy atom. The van der Waals surface area contributed by atoms with E-state index in [1.165, 1.54) is 17.7 Å². The number of nitrogens with one attached hydrogen (secondary N) is 1. The fourth-order valence-electron chi connectivity index (χ4n) is 2.40. The molecule has 20 heavy (non-hydrogen) atoms. The van der Waals surface area contributed by atoms with Gasteiger partial charge < -0.3 is 10.3 Å². The summed E-state index contributed by atoms with van der Waals surface area (Å²) in [6, 6.07) is 10.7. The van der Waals surface area contributed by atoms with Crippen molar-refractivity contribution in [1.82, 2.24) is 4.98 Å². The van der Waals surface area contributed by atoms with Crippen LogP contribution in [0.3, 0.4) is 0 Å². The quantitative estimate of drug-likeness (QED) is 0.503. The molecule has 0 saturated heterocycles. The maximum Gasteiger partial charge on any atom is 0.276 e.